The molecule has 2 saturated heterocycles. The number of nitrogens with zero attached hydrogens (tertiary/aromatic N) is 1. The Kier molecular flexibility index (Phi) is 7.27. The number of carbonyl (C=O) groups excluding carboxylic acids is 1. The lowest BCUT2D eigenvalue weighted by molar-refractivity contribution is -0.122. The quantitative estimate of drug-likeness (QED) is 0.445. The van der Waals surface area contributed by atoms with Crippen LogP contribution in [0.3, 0.4) is 0 Å². The molecule has 2 aromatic carbocycles. The summed E-state index contributed by atoms with van der Waals surface area (Å²) in [5.74, 6) is 1.51. The number of ether oxygens (including phenoxy) is 2. The minimum Gasteiger partial charge on any atom is -0.497 e. The Morgan fingerprint density at radius 1 is 1.12 bits per heavy atom. The number of β-lactam (4-membered cyclic amide) rings is 1. The van der Waals surface area contributed by atoms with Gasteiger partial charge >= 0.3 is 0 Å². The molecule has 5 nitrogen and oxygen atoms in total. The maximum absolute atomic E-state index is 11.8. The van der Waals surface area contributed by atoms with E-state index in [2.05, 4.69) is 56.4 Å². The molecule has 0 unspecified atom stereocenters. The Labute approximate surface area is 198 Å². The molecule has 0 bridgehead atoms. The summed E-state index contributed by atoms with van der Waals surface area (Å²) in [6.45, 7) is 8.17. The molecule has 1 amide bonds. The van der Waals surface area contributed by atoms with Crippen LogP contribution in [0, 0.1) is 5.92 Å². The first kappa shape index (κ1) is 24.0. The highest BCUT2D eigenvalue weighted by Gasteiger charge is 2.50. The van der Waals surface area contributed by atoms with E-state index in [9.17, 15) is 9.90 Å². The van der Waals surface area contributed by atoms with Crippen molar-refractivity contribution in [3.8, 4) is 5.75 Å². The van der Waals surface area contributed by atoms with Crippen LogP contribution in [0.4, 0.5) is 5.69 Å². The van der Waals surface area contributed by atoms with Crippen molar-refractivity contribution in [2.75, 3.05) is 25.2 Å². The summed E-state index contributed by atoms with van der Waals surface area (Å²) in [6, 6.07) is 16.9. The third-order valence-electron chi connectivity index (χ3n) is 7.77. The van der Waals surface area contributed by atoms with Gasteiger partial charge < -0.3 is 19.5 Å². The van der Waals surface area contributed by atoms with Gasteiger partial charge in [0.15, 0.2) is 0 Å². The van der Waals surface area contributed by atoms with Crippen LogP contribution in [-0.2, 0) is 16.0 Å². The van der Waals surface area contributed by atoms with Gasteiger partial charge in [-0.2, -0.15) is 0 Å². The van der Waals surface area contributed by atoms with Gasteiger partial charge in [-0.15, -0.1) is 0 Å². The average molecular weight is 468 g/mol. The molecular weight excluding hydrogens is 430 g/mol. The number of carbonyl (C=O) groups is 1. The lowest BCUT2D eigenvalue weighted by Crippen LogP contribution is -2.50. The van der Waals surface area contributed by atoms with Gasteiger partial charge in [-0.3, -0.25) is 4.79 Å². The number of aliphatic hydroxyl groups excluding tert-OH is 1. The molecule has 0 saturated carbocycles. The van der Waals surface area contributed by atoms with Crippen LogP contribution in [0.5, 0.6) is 5.75 Å². The normalized spacial score (nSPS) is 25.2. The Morgan fingerprint density at radius 2 is 1.88 bits per heavy atom. The van der Waals surface area contributed by atoms with E-state index in [1.807, 2.05) is 17.0 Å². The number of hydrogen-bond donors (Lipinski definition) is 1. The van der Waals surface area contributed by atoms with Crippen molar-refractivity contribution in [3.05, 3.63) is 54.1 Å². The third-order valence-corrected chi connectivity index (χ3v) is 12.2. The van der Waals surface area contributed by atoms with Gasteiger partial charge in [0.25, 0.3) is 0 Å². The zero-order valence-electron chi connectivity index (χ0n) is 20.3. The van der Waals surface area contributed by atoms with Gasteiger partial charge in [-0.05, 0) is 60.6 Å². The molecule has 2 fully saturated rings. The zero-order valence-corrected chi connectivity index (χ0v) is 21.3. The number of aryl methyl sites for hydroxylation is 1. The molecule has 2 aliphatic rings. The van der Waals surface area contributed by atoms with Gasteiger partial charge in [0.05, 0.1) is 27.4 Å². The summed E-state index contributed by atoms with van der Waals surface area (Å²) in [7, 11) is -0.162. The van der Waals surface area contributed by atoms with Crippen LogP contribution in [0.15, 0.2) is 48.5 Å². The summed E-state index contributed by atoms with van der Waals surface area (Å²) in [4.78, 5) is 13.7. The zero-order chi connectivity index (χ0) is 23.6. The molecule has 0 radical (unpaired) electrons. The summed E-state index contributed by atoms with van der Waals surface area (Å²) < 4.78 is 12.0. The van der Waals surface area contributed by atoms with Gasteiger partial charge in [0.2, 0.25) is 5.91 Å². The molecule has 2 heterocycles. The number of anilines is 1. The van der Waals surface area contributed by atoms with E-state index in [1.54, 1.807) is 7.11 Å². The Morgan fingerprint density at radius 3 is 2.48 bits per heavy atom. The molecule has 178 valence electrons. The molecule has 6 heteroatoms. The van der Waals surface area contributed by atoms with Gasteiger partial charge in [0, 0.05) is 25.3 Å². The van der Waals surface area contributed by atoms with Gasteiger partial charge in [-0.1, -0.05) is 49.5 Å². The van der Waals surface area contributed by atoms with Crippen molar-refractivity contribution in [3.63, 3.8) is 0 Å². The van der Waals surface area contributed by atoms with E-state index in [4.69, 9.17) is 9.47 Å². The van der Waals surface area contributed by atoms with Crippen LogP contribution in [0.25, 0.3) is 0 Å². The standard InChI is InChI=1S/C27H37NO4Si/c1-19-24(13-8-20-6-5-7-21(18-20)28-16-14-26(28)30)32-25(15-17-29)27(19)33(3,4)23-11-9-22(31-2)10-12-23/h5-7,9-12,18-19,24-25,27,29H,8,13-17H2,1-4H3/t19-,24+,25-,27+/m0/s1. The van der Waals surface area contributed by atoms with Crippen LogP contribution in [-0.4, -0.2) is 51.6 Å². The monoisotopic (exact) mass is 467 g/mol. The fourth-order valence-corrected chi connectivity index (χ4v) is 9.93. The second kappa shape index (κ2) is 10.00. The van der Waals surface area contributed by atoms with Crippen LogP contribution in [0.1, 0.15) is 31.7 Å². The van der Waals surface area contributed by atoms with E-state index >= 15 is 0 Å². The molecule has 1 N–H and O–H groups in total. The molecule has 4 rings (SSSR count). The molecule has 0 spiro atoms. The SMILES string of the molecule is COc1ccc([Si](C)(C)[C@@H]2[C@@H](C)[C@@H](CCc3cccc(N4CCC4=O)c3)O[C@H]2CCO)cc1. The van der Waals surface area contributed by atoms with Crippen molar-refractivity contribution in [1.82, 2.24) is 0 Å². The van der Waals surface area contributed by atoms with Crippen molar-refractivity contribution in [1.29, 1.82) is 0 Å². The highest BCUT2D eigenvalue weighted by atomic mass is 28.3. The van der Waals surface area contributed by atoms with E-state index in [0.717, 1.165) is 30.8 Å². The van der Waals surface area contributed by atoms with Crippen molar-refractivity contribution in [2.45, 2.75) is 63.5 Å². The second-order valence-corrected chi connectivity index (χ2v) is 14.8. The molecule has 0 aliphatic carbocycles. The number of rotatable bonds is 9. The predicted octanol–water partition coefficient (Wildman–Crippen LogP) is 4.14. The summed E-state index contributed by atoms with van der Waals surface area (Å²) in [5.41, 5.74) is 2.69. The van der Waals surface area contributed by atoms with E-state index in [0.29, 0.717) is 24.3 Å². The smallest absolute Gasteiger partial charge is 0.228 e. The van der Waals surface area contributed by atoms with Crippen LogP contribution >= 0.6 is 0 Å². The minimum absolute atomic E-state index is 0.0869. The first-order valence-corrected chi connectivity index (χ1v) is 15.2. The minimum atomic E-state index is -1.86. The molecule has 4 atom stereocenters. The summed E-state index contributed by atoms with van der Waals surface area (Å²) in [6.07, 6.45) is 3.47. The predicted molar refractivity (Wildman–Crippen MR) is 135 cm³/mol. The van der Waals surface area contributed by atoms with Crippen LogP contribution in [0.2, 0.25) is 18.6 Å². The molecule has 0 aromatic heterocycles. The maximum atomic E-state index is 11.8. The highest BCUT2D eigenvalue weighted by molar-refractivity contribution is 6.91. The number of benzene rings is 2. The Bertz CT molecular complexity index is 961. The first-order valence-electron chi connectivity index (χ1n) is 12.1. The van der Waals surface area contributed by atoms with E-state index in [-0.39, 0.29) is 24.7 Å². The molecule has 33 heavy (non-hydrogen) atoms. The van der Waals surface area contributed by atoms with Gasteiger partial charge in [0.1, 0.15) is 5.75 Å². The fourth-order valence-electron chi connectivity index (χ4n) is 5.82. The number of aliphatic hydroxyl groups is 1. The molecule has 2 aliphatic heterocycles. The maximum Gasteiger partial charge on any atom is 0.228 e. The number of methoxy groups -OCH3 is 1. The highest BCUT2D eigenvalue weighted by Crippen LogP contribution is 2.46. The summed E-state index contributed by atoms with van der Waals surface area (Å²) in [5, 5.41) is 11.2. The van der Waals surface area contributed by atoms with Crippen molar-refractivity contribution in [2.24, 2.45) is 5.92 Å². The lowest BCUT2D eigenvalue weighted by Gasteiger charge is -2.36. The Balaban J connectivity index is 1.48. The second-order valence-electron chi connectivity index (χ2n) is 10.1. The number of hydrogen-bond acceptors (Lipinski definition) is 4. The van der Waals surface area contributed by atoms with E-state index < -0.39 is 8.07 Å². The lowest BCUT2D eigenvalue weighted by atomic mass is 9.95. The van der Waals surface area contributed by atoms with Gasteiger partial charge in [-0.25, -0.2) is 0 Å². The Hall–Kier alpha value is -2.15. The first-order chi connectivity index (χ1) is 15.8. The van der Waals surface area contributed by atoms with Crippen molar-refractivity contribution < 1.29 is 19.4 Å². The van der Waals surface area contributed by atoms with E-state index in [1.165, 1.54) is 10.8 Å². The summed E-state index contributed by atoms with van der Waals surface area (Å²) >= 11 is 0. The average Bonchev–Trinajstić information content (AvgIpc) is 3.12. The largest absolute Gasteiger partial charge is 0.497 e. The molecular formula is C27H37NO4Si. The van der Waals surface area contributed by atoms with Crippen LogP contribution < -0.4 is 14.8 Å². The molecule has 2 aromatic rings. The number of amides is 1. The van der Waals surface area contributed by atoms with Crippen molar-refractivity contribution >= 4 is 24.9 Å². The fraction of sp³-hybridized carbons (Fsp3) is 0.519. The topological polar surface area (TPSA) is 59.0 Å². The third kappa shape index (κ3) is 4.88.